The number of aryl methyl sites for hydroxylation is 1. The predicted octanol–water partition coefficient (Wildman–Crippen LogP) is 3.75. The number of benzene rings is 2. The van der Waals surface area contributed by atoms with Crippen LogP contribution in [-0.2, 0) is 11.2 Å². The van der Waals surface area contributed by atoms with Crippen LogP contribution in [0.25, 0.3) is 22.1 Å². The standard InChI is InChI=1S/C23H20N4O3/c24-17-6-2-3-7-18(17)27-20(28)10-9-14-11-15(13-26-12-14)21-16-5-1-4-8-19(16)30-22(21)23(25)29/h1-8,11-13H,9-10,24H2,(H2,25,29)(H,27,28). The molecule has 0 saturated heterocycles. The van der Waals surface area contributed by atoms with Crippen LogP contribution >= 0.6 is 0 Å². The van der Waals surface area contributed by atoms with Crippen molar-refractivity contribution < 1.29 is 14.0 Å². The molecule has 2 aromatic carbocycles. The van der Waals surface area contributed by atoms with Crippen molar-refractivity contribution in [1.82, 2.24) is 4.98 Å². The van der Waals surface area contributed by atoms with Crippen LogP contribution in [0.3, 0.4) is 0 Å². The van der Waals surface area contributed by atoms with Crippen LogP contribution in [0.4, 0.5) is 11.4 Å². The quantitative estimate of drug-likeness (QED) is 0.425. The lowest BCUT2D eigenvalue weighted by Crippen LogP contribution is -2.13. The van der Waals surface area contributed by atoms with Crippen LogP contribution < -0.4 is 16.8 Å². The van der Waals surface area contributed by atoms with Gasteiger partial charge in [0, 0.05) is 35.3 Å². The number of hydrogen-bond acceptors (Lipinski definition) is 5. The van der Waals surface area contributed by atoms with Gasteiger partial charge in [0.2, 0.25) is 5.91 Å². The summed E-state index contributed by atoms with van der Waals surface area (Å²) in [5, 5.41) is 3.59. The van der Waals surface area contributed by atoms with Crippen molar-refractivity contribution in [1.29, 1.82) is 0 Å². The Morgan fingerprint density at radius 2 is 1.80 bits per heavy atom. The maximum atomic E-state index is 12.3. The first kappa shape index (κ1) is 19.2. The highest BCUT2D eigenvalue weighted by molar-refractivity contribution is 6.07. The van der Waals surface area contributed by atoms with Crippen molar-refractivity contribution in [2.24, 2.45) is 5.73 Å². The number of pyridine rings is 1. The minimum Gasteiger partial charge on any atom is -0.450 e. The van der Waals surface area contributed by atoms with Gasteiger partial charge in [0.1, 0.15) is 5.58 Å². The number of para-hydroxylation sites is 3. The molecule has 7 nitrogen and oxygen atoms in total. The van der Waals surface area contributed by atoms with Crippen molar-refractivity contribution in [2.45, 2.75) is 12.8 Å². The molecule has 0 saturated carbocycles. The van der Waals surface area contributed by atoms with Gasteiger partial charge >= 0.3 is 0 Å². The summed E-state index contributed by atoms with van der Waals surface area (Å²) in [5.74, 6) is -0.705. The zero-order valence-electron chi connectivity index (χ0n) is 16.1. The van der Waals surface area contributed by atoms with E-state index >= 15 is 0 Å². The van der Waals surface area contributed by atoms with Gasteiger partial charge in [-0.3, -0.25) is 14.6 Å². The Kier molecular flexibility index (Phi) is 5.17. The minimum absolute atomic E-state index is 0.0902. The van der Waals surface area contributed by atoms with Gasteiger partial charge in [0.15, 0.2) is 5.76 Å². The first-order chi connectivity index (χ1) is 14.5. The Bertz CT molecular complexity index is 1250. The molecule has 0 atom stereocenters. The predicted molar refractivity (Wildman–Crippen MR) is 116 cm³/mol. The number of primary amides is 1. The largest absolute Gasteiger partial charge is 0.450 e. The maximum absolute atomic E-state index is 12.3. The topological polar surface area (TPSA) is 124 Å². The zero-order valence-corrected chi connectivity index (χ0v) is 16.1. The fraction of sp³-hybridized carbons (Fsp3) is 0.0870. The van der Waals surface area contributed by atoms with Gasteiger partial charge in [0.05, 0.1) is 11.4 Å². The Morgan fingerprint density at radius 3 is 2.60 bits per heavy atom. The van der Waals surface area contributed by atoms with E-state index in [1.165, 1.54) is 0 Å². The molecule has 0 aliphatic carbocycles. The molecule has 150 valence electrons. The second-order valence-electron chi connectivity index (χ2n) is 6.88. The fourth-order valence-electron chi connectivity index (χ4n) is 3.35. The number of hydrogen-bond donors (Lipinski definition) is 3. The first-order valence-corrected chi connectivity index (χ1v) is 9.43. The van der Waals surface area contributed by atoms with Crippen LogP contribution in [0, 0.1) is 0 Å². The van der Waals surface area contributed by atoms with Gasteiger partial charge in [-0.25, -0.2) is 0 Å². The smallest absolute Gasteiger partial charge is 0.285 e. The molecule has 4 aromatic rings. The first-order valence-electron chi connectivity index (χ1n) is 9.43. The van der Waals surface area contributed by atoms with Gasteiger partial charge in [-0.15, -0.1) is 0 Å². The fourth-order valence-corrected chi connectivity index (χ4v) is 3.35. The van der Waals surface area contributed by atoms with Crippen LogP contribution in [-0.4, -0.2) is 16.8 Å². The number of nitrogens with two attached hydrogens (primary N) is 2. The van der Waals surface area contributed by atoms with E-state index < -0.39 is 5.91 Å². The number of furan rings is 1. The monoisotopic (exact) mass is 400 g/mol. The van der Waals surface area contributed by atoms with E-state index in [1.54, 1.807) is 30.6 Å². The molecule has 2 heterocycles. The third kappa shape index (κ3) is 3.86. The summed E-state index contributed by atoms with van der Waals surface area (Å²) >= 11 is 0. The molecule has 5 N–H and O–H groups in total. The summed E-state index contributed by atoms with van der Waals surface area (Å²) in [5.41, 5.74) is 15.2. The number of anilines is 2. The van der Waals surface area contributed by atoms with Crippen LogP contribution in [0.5, 0.6) is 0 Å². The van der Waals surface area contributed by atoms with Crippen molar-refractivity contribution >= 4 is 34.2 Å². The van der Waals surface area contributed by atoms with Crippen molar-refractivity contribution in [3.8, 4) is 11.1 Å². The average Bonchev–Trinajstić information content (AvgIpc) is 3.14. The highest BCUT2D eigenvalue weighted by Crippen LogP contribution is 2.34. The van der Waals surface area contributed by atoms with Crippen LogP contribution in [0.15, 0.2) is 71.4 Å². The van der Waals surface area contributed by atoms with Crippen LogP contribution in [0.2, 0.25) is 0 Å². The molecule has 0 radical (unpaired) electrons. The number of nitrogen functional groups attached to an aromatic ring is 1. The average molecular weight is 400 g/mol. The summed E-state index contributed by atoms with van der Waals surface area (Å²) in [4.78, 5) is 28.5. The molecule has 0 bridgehead atoms. The Morgan fingerprint density at radius 1 is 1.03 bits per heavy atom. The highest BCUT2D eigenvalue weighted by Gasteiger charge is 2.20. The van der Waals surface area contributed by atoms with E-state index in [-0.39, 0.29) is 18.1 Å². The lowest BCUT2D eigenvalue weighted by Gasteiger charge is -2.08. The number of rotatable bonds is 6. The lowest BCUT2D eigenvalue weighted by atomic mass is 10.0. The highest BCUT2D eigenvalue weighted by atomic mass is 16.3. The summed E-state index contributed by atoms with van der Waals surface area (Å²) in [7, 11) is 0. The molecule has 0 aliphatic rings. The molecule has 0 spiro atoms. The molecule has 2 amide bonds. The summed E-state index contributed by atoms with van der Waals surface area (Å²) in [6.45, 7) is 0. The van der Waals surface area contributed by atoms with E-state index in [1.807, 2.05) is 36.4 Å². The third-order valence-electron chi connectivity index (χ3n) is 4.78. The number of nitrogens with one attached hydrogen (secondary N) is 1. The Labute approximate surface area is 172 Å². The lowest BCUT2D eigenvalue weighted by molar-refractivity contribution is -0.116. The molecular weight excluding hydrogens is 380 g/mol. The number of fused-ring (bicyclic) bond motifs is 1. The van der Waals surface area contributed by atoms with E-state index in [4.69, 9.17) is 15.9 Å². The van der Waals surface area contributed by atoms with E-state index in [9.17, 15) is 9.59 Å². The van der Waals surface area contributed by atoms with Crippen molar-refractivity contribution in [2.75, 3.05) is 11.1 Å². The number of amides is 2. The van der Waals surface area contributed by atoms with Crippen LogP contribution in [0.1, 0.15) is 22.5 Å². The van der Waals surface area contributed by atoms with Gasteiger partial charge < -0.3 is 21.2 Å². The summed E-state index contributed by atoms with van der Waals surface area (Å²) < 4.78 is 5.65. The Balaban J connectivity index is 1.56. The van der Waals surface area contributed by atoms with Gasteiger partial charge in [-0.1, -0.05) is 30.3 Å². The third-order valence-corrected chi connectivity index (χ3v) is 4.78. The molecule has 2 aromatic heterocycles. The SMILES string of the molecule is NC(=O)c1oc2ccccc2c1-c1cncc(CCC(=O)Nc2ccccc2N)c1. The molecule has 0 unspecified atom stereocenters. The molecule has 0 fully saturated rings. The summed E-state index contributed by atoms with van der Waals surface area (Å²) in [6.07, 6.45) is 4.08. The normalized spacial score (nSPS) is 10.8. The van der Waals surface area contributed by atoms with Crippen molar-refractivity contribution in [3.05, 3.63) is 78.3 Å². The van der Waals surface area contributed by atoms with Crippen molar-refractivity contribution in [3.63, 3.8) is 0 Å². The summed E-state index contributed by atoms with van der Waals surface area (Å²) in [6, 6.07) is 16.3. The molecular formula is C23H20N4O3. The zero-order chi connectivity index (χ0) is 21.1. The van der Waals surface area contributed by atoms with Gasteiger partial charge in [-0.2, -0.15) is 0 Å². The maximum Gasteiger partial charge on any atom is 0.285 e. The van der Waals surface area contributed by atoms with Gasteiger partial charge in [-0.05, 0) is 36.2 Å². The molecule has 7 heteroatoms. The second kappa shape index (κ2) is 8.08. The van der Waals surface area contributed by atoms with Gasteiger partial charge in [0.25, 0.3) is 5.91 Å². The molecule has 30 heavy (non-hydrogen) atoms. The number of aromatic nitrogens is 1. The second-order valence-corrected chi connectivity index (χ2v) is 6.88. The Hall–Kier alpha value is -4.13. The van der Waals surface area contributed by atoms with E-state index in [0.29, 0.717) is 34.5 Å². The number of carbonyl (C=O) groups excluding carboxylic acids is 2. The molecule has 0 aliphatic heterocycles. The molecule has 4 rings (SSSR count). The minimum atomic E-state index is -0.647. The number of nitrogens with zero attached hydrogens (tertiary/aromatic N) is 1. The number of carbonyl (C=O) groups is 2. The van der Waals surface area contributed by atoms with E-state index in [2.05, 4.69) is 10.3 Å². The van der Waals surface area contributed by atoms with E-state index in [0.717, 1.165) is 10.9 Å².